The maximum absolute atomic E-state index is 13.6. The number of non-ortho nitro benzene ring substituents is 1. The Morgan fingerprint density at radius 2 is 1.95 bits per heavy atom. The molecule has 13 heteroatoms. The van der Waals surface area contributed by atoms with Gasteiger partial charge in [0.05, 0.1) is 21.6 Å². The zero-order chi connectivity index (χ0) is 28.9. The Hall–Kier alpha value is -3.81. The average molecular weight is 609 g/mol. The van der Waals surface area contributed by atoms with E-state index in [1.807, 2.05) is 36.6 Å². The monoisotopic (exact) mass is 608 g/mol. The van der Waals surface area contributed by atoms with Gasteiger partial charge < -0.3 is 14.6 Å². The number of carbonyl (C=O) groups is 2. The van der Waals surface area contributed by atoms with Gasteiger partial charge in [-0.3, -0.25) is 19.7 Å². The Labute approximate surface area is 246 Å². The molecule has 0 fully saturated rings. The first-order valence-electron chi connectivity index (χ1n) is 12.6. The normalized spacial score (nSPS) is 11.8. The topological polar surface area (TPSA) is 133 Å². The van der Waals surface area contributed by atoms with Crippen molar-refractivity contribution in [2.45, 2.75) is 22.9 Å². The third-order valence-electron chi connectivity index (χ3n) is 6.43. The predicted octanol–water partition coefficient (Wildman–Crippen LogP) is 5.79. The number of nitrogens with zero attached hydrogens (tertiary/aromatic N) is 3. The molecule has 41 heavy (non-hydrogen) atoms. The van der Waals surface area contributed by atoms with Crippen LogP contribution in [0.25, 0.3) is 22.0 Å². The minimum atomic E-state index is -0.566. The molecule has 1 aliphatic carbocycles. The Morgan fingerprint density at radius 1 is 1.10 bits per heavy atom. The summed E-state index contributed by atoms with van der Waals surface area (Å²) in [6.07, 6.45) is 3.44. The van der Waals surface area contributed by atoms with Crippen molar-refractivity contribution in [1.82, 2.24) is 14.9 Å². The predicted molar refractivity (Wildman–Crippen MR) is 162 cm³/mol. The van der Waals surface area contributed by atoms with Crippen LogP contribution in [0.5, 0.6) is 0 Å². The van der Waals surface area contributed by atoms with E-state index >= 15 is 0 Å². The minimum Gasteiger partial charge on any atom is -0.449 e. The van der Waals surface area contributed by atoms with Crippen molar-refractivity contribution in [2.24, 2.45) is 0 Å². The summed E-state index contributed by atoms with van der Waals surface area (Å²) in [7, 11) is 3.03. The summed E-state index contributed by atoms with van der Waals surface area (Å²) in [6, 6.07) is 15.2. The zero-order valence-electron chi connectivity index (χ0n) is 21.8. The van der Waals surface area contributed by atoms with Crippen LogP contribution in [-0.4, -0.2) is 51.5 Å². The van der Waals surface area contributed by atoms with E-state index in [4.69, 9.17) is 4.74 Å². The second-order valence-electron chi connectivity index (χ2n) is 8.90. The lowest BCUT2D eigenvalue weighted by atomic mass is 10.0. The first-order chi connectivity index (χ1) is 19.9. The van der Waals surface area contributed by atoms with Gasteiger partial charge in [0.15, 0.2) is 5.78 Å². The molecule has 210 valence electrons. The molecule has 0 unspecified atom stereocenters. The summed E-state index contributed by atoms with van der Waals surface area (Å²) >= 11 is 1.51. The Kier molecular flexibility index (Phi) is 8.96. The molecule has 4 aromatic rings. The molecular weight excluding hydrogens is 585 g/mol. The number of hydrogen-bond acceptors (Lipinski definition) is 10. The standard InChI is InChI=1S/C28H24N4O6S3/c1-39-18-7-9-20-21(16-18)26(33)24-19-8-6-17(32(36)37)15-22(19)27(34)31(25(20)24)12-4-11-30-28(35)38-13-14-40-41-23-5-2-3-10-29-23/h2-3,5-10,15-16H,4,11-14H2,1H3,(H,30,35). The molecule has 0 radical (unpaired) electrons. The summed E-state index contributed by atoms with van der Waals surface area (Å²) in [5, 5.41) is 15.5. The van der Waals surface area contributed by atoms with Crippen LogP contribution in [-0.2, 0) is 11.3 Å². The molecule has 0 spiro atoms. The second-order valence-corrected chi connectivity index (χ2v) is 12.2. The third kappa shape index (κ3) is 6.11. The van der Waals surface area contributed by atoms with Gasteiger partial charge in [0.1, 0.15) is 11.6 Å². The van der Waals surface area contributed by atoms with Crippen molar-refractivity contribution in [2.75, 3.05) is 25.2 Å². The largest absolute Gasteiger partial charge is 0.449 e. The number of rotatable bonds is 11. The van der Waals surface area contributed by atoms with Gasteiger partial charge >= 0.3 is 6.09 Å². The Balaban J connectivity index is 1.29. The van der Waals surface area contributed by atoms with Crippen molar-refractivity contribution in [3.8, 4) is 11.3 Å². The number of pyridine rings is 2. The van der Waals surface area contributed by atoms with Crippen LogP contribution in [0, 0.1) is 10.1 Å². The highest BCUT2D eigenvalue weighted by molar-refractivity contribution is 8.76. The van der Waals surface area contributed by atoms with Gasteiger partial charge in [0, 0.05) is 58.6 Å². The number of nitrogens with one attached hydrogen (secondary N) is 1. The Morgan fingerprint density at radius 3 is 2.71 bits per heavy atom. The molecule has 2 aromatic carbocycles. The van der Waals surface area contributed by atoms with Gasteiger partial charge in [-0.25, -0.2) is 9.78 Å². The number of benzene rings is 2. The molecule has 0 saturated carbocycles. The van der Waals surface area contributed by atoms with Gasteiger partial charge in [-0.2, -0.15) is 0 Å². The van der Waals surface area contributed by atoms with Crippen LogP contribution in [0.4, 0.5) is 10.5 Å². The number of carbonyl (C=O) groups excluding carboxylic acids is 2. The van der Waals surface area contributed by atoms with Crippen LogP contribution in [0.2, 0.25) is 0 Å². The fraction of sp³-hybridized carbons (Fsp3) is 0.214. The summed E-state index contributed by atoms with van der Waals surface area (Å²) in [5.74, 6) is 0.366. The van der Waals surface area contributed by atoms with Crippen molar-refractivity contribution in [3.05, 3.63) is 92.4 Å². The molecule has 2 aromatic heterocycles. The van der Waals surface area contributed by atoms with E-state index in [1.165, 1.54) is 56.1 Å². The van der Waals surface area contributed by atoms with Crippen LogP contribution in [0.1, 0.15) is 22.3 Å². The SMILES string of the molecule is CSc1ccc2c(c1)C(=O)c1c-2n(CCCNC(=O)OCCSSc2ccccn2)c(=O)c2cc([N+](=O)[O-])ccc12. The highest BCUT2D eigenvalue weighted by Crippen LogP contribution is 2.41. The number of hydrogen-bond donors (Lipinski definition) is 1. The third-order valence-corrected chi connectivity index (χ3v) is 9.38. The fourth-order valence-electron chi connectivity index (χ4n) is 4.60. The summed E-state index contributed by atoms with van der Waals surface area (Å²) in [5.41, 5.74) is 1.34. The first kappa shape index (κ1) is 28.7. The smallest absolute Gasteiger partial charge is 0.407 e. The van der Waals surface area contributed by atoms with Crippen LogP contribution >= 0.6 is 33.3 Å². The van der Waals surface area contributed by atoms with E-state index in [0.717, 1.165) is 9.92 Å². The van der Waals surface area contributed by atoms with Gasteiger partial charge in [-0.1, -0.05) is 22.9 Å². The lowest BCUT2D eigenvalue weighted by Crippen LogP contribution is -2.29. The molecule has 1 N–H and O–H groups in total. The van der Waals surface area contributed by atoms with Gasteiger partial charge in [-0.05, 0) is 53.8 Å². The highest BCUT2D eigenvalue weighted by Gasteiger charge is 2.33. The lowest BCUT2D eigenvalue weighted by Gasteiger charge is -2.15. The molecule has 5 rings (SSSR count). The van der Waals surface area contributed by atoms with E-state index in [-0.39, 0.29) is 36.6 Å². The van der Waals surface area contributed by atoms with E-state index in [2.05, 4.69) is 10.3 Å². The van der Waals surface area contributed by atoms with Crippen LogP contribution < -0.4 is 10.9 Å². The maximum atomic E-state index is 13.6. The van der Waals surface area contributed by atoms with Crippen molar-refractivity contribution >= 4 is 61.7 Å². The minimum absolute atomic E-state index is 0.109. The number of nitro benzene ring substituents is 1. The van der Waals surface area contributed by atoms with Crippen LogP contribution in [0.15, 0.2) is 75.5 Å². The first-order valence-corrected chi connectivity index (χ1v) is 16.1. The number of nitro groups is 1. The number of thioether (sulfide) groups is 1. The molecule has 0 bridgehead atoms. The van der Waals surface area contributed by atoms with Crippen molar-refractivity contribution in [1.29, 1.82) is 0 Å². The maximum Gasteiger partial charge on any atom is 0.407 e. The summed E-state index contributed by atoms with van der Waals surface area (Å²) in [4.78, 5) is 55.3. The molecule has 2 heterocycles. The molecule has 0 aliphatic heterocycles. The van der Waals surface area contributed by atoms with E-state index < -0.39 is 16.6 Å². The zero-order valence-corrected chi connectivity index (χ0v) is 24.3. The highest BCUT2D eigenvalue weighted by atomic mass is 33.1. The van der Waals surface area contributed by atoms with Crippen LogP contribution in [0.3, 0.4) is 0 Å². The van der Waals surface area contributed by atoms with Gasteiger partial charge in [0.25, 0.3) is 11.2 Å². The molecule has 0 saturated heterocycles. The number of ketones is 1. The Bertz CT molecular complexity index is 1710. The van der Waals surface area contributed by atoms with Crippen molar-refractivity contribution in [3.63, 3.8) is 0 Å². The lowest BCUT2D eigenvalue weighted by molar-refractivity contribution is -0.384. The average Bonchev–Trinajstić information content (AvgIpc) is 3.28. The van der Waals surface area contributed by atoms with E-state index in [9.17, 15) is 24.5 Å². The summed E-state index contributed by atoms with van der Waals surface area (Å²) in [6.45, 7) is 0.645. The number of alkyl carbamates (subject to hydrolysis) is 1. The molecule has 1 aliphatic rings. The van der Waals surface area contributed by atoms with Gasteiger partial charge in [-0.15, -0.1) is 11.8 Å². The van der Waals surface area contributed by atoms with Gasteiger partial charge in [0.2, 0.25) is 0 Å². The fourth-order valence-corrected chi connectivity index (χ4v) is 6.74. The number of fused-ring (bicyclic) bond motifs is 5. The van der Waals surface area contributed by atoms with E-state index in [0.29, 0.717) is 39.9 Å². The second kappa shape index (κ2) is 12.8. The number of aromatic nitrogens is 2. The molecule has 1 amide bonds. The summed E-state index contributed by atoms with van der Waals surface area (Å²) < 4.78 is 6.71. The quantitative estimate of drug-likeness (QED) is 0.0645. The molecular formula is C28H24N4O6S3. The van der Waals surface area contributed by atoms with Crippen molar-refractivity contribution < 1.29 is 19.2 Å². The number of ether oxygens (including phenoxy) is 1. The van der Waals surface area contributed by atoms with E-state index in [1.54, 1.807) is 12.3 Å². The molecule has 0 atom stereocenters. The number of amides is 1. The molecule has 10 nitrogen and oxygen atoms in total.